The molecule has 1 aromatic heterocycles. The number of nitrogens with one attached hydrogen (secondary N) is 1. The van der Waals surface area contributed by atoms with Crippen molar-refractivity contribution in [2.24, 2.45) is 5.41 Å². The van der Waals surface area contributed by atoms with Gasteiger partial charge in [0.05, 0.1) is 16.6 Å². The molecule has 0 saturated carbocycles. The Bertz CT molecular complexity index is 805. The molecule has 2 aliphatic heterocycles. The number of benzene rings is 1. The van der Waals surface area contributed by atoms with E-state index in [1.165, 1.54) is 0 Å². The number of likely N-dealkylation sites (tertiary alicyclic amines) is 2. The maximum Gasteiger partial charge on any atom is 0.321 e. The summed E-state index contributed by atoms with van der Waals surface area (Å²) < 4.78 is 0. The van der Waals surface area contributed by atoms with E-state index >= 15 is 0 Å². The molecule has 3 amide bonds. The molecule has 2 fully saturated rings. The Morgan fingerprint density at radius 3 is 2.77 bits per heavy atom. The lowest BCUT2D eigenvalue weighted by molar-refractivity contribution is -0.143. The molecule has 2 saturated heterocycles. The third-order valence-electron chi connectivity index (χ3n) is 5.45. The van der Waals surface area contributed by atoms with Crippen LogP contribution in [0, 0.1) is 5.41 Å². The molecule has 3 heterocycles. The van der Waals surface area contributed by atoms with Crippen LogP contribution < -0.4 is 5.32 Å². The lowest BCUT2D eigenvalue weighted by Crippen LogP contribution is -2.49. The van der Waals surface area contributed by atoms with Crippen LogP contribution in [0.1, 0.15) is 19.3 Å². The second-order valence-corrected chi connectivity index (χ2v) is 7.88. The average molecular weight is 370 g/mol. The van der Waals surface area contributed by atoms with Crippen LogP contribution in [-0.2, 0) is 4.79 Å². The second-order valence-electron chi connectivity index (χ2n) is 7.16. The maximum absolute atomic E-state index is 12.6. The molecule has 7 heteroatoms. The van der Waals surface area contributed by atoms with Crippen LogP contribution in [0.4, 0.5) is 10.5 Å². The Kier molecular flexibility index (Phi) is 4.40. The van der Waals surface area contributed by atoms with Gasteiger partial charge in [-0.25, -0.2) is 9.78 Å². The SMILES string of the molecule is CN1CCC[C@@]2(CCN(C(=O)Nc3ccc(-c4cscn4)cc3)C2)C1=O. The highest BCUT2D eigenvalue weighted by Gasteiger charge is 2.48. The highest BCUT2D eigenvalue weighted by atomic mass is 32.1. The fourth-order valence-corrected chi connectivity index (χ4v) is 4.54. The van der Waals surface area contributed by atoms with Gasteiger partial charge in [0.25, 0.3) is 0 Å². The topological polar surface area (TPSA) is 65.5 Å². The molecule has 0 unspecified atom stereocenters. The van der Waals surface area contributed by atoms with Gasteiger partial charge in [-0.15, -0.1) is 11.3 Å². The third kappa shape index (κ3) is 3.07. The molecule has 0 aliphatic carbocycles. The summed E-state index contributed by atoms with van der Waals surface area (Å²) in [5.74, 6) is 0.187. The molecule has 2 aliphatic rings. The first-order valence-corrected chi connectivity index (χ1v) is 9.82. The lowest BCUT2D eigenvalue weighted by Gasteiger charge is -2.37. The van der Waals surface area contributed by atoms with Crippen LogP contribution in [-0.4, -0.2) is 53.4 Å². The molecule has 0 radical (unpaired) electrons. The summed E-state index contributed by atoms with van der Waals surface area (Å²) in [5.41, 5.74) is 4.15. The minimum absolute atomic E-state index is 0.135. The third-order valence-corrected chi connectivity index (χ3v) is 6.04. The Morgan fingerprint density at radius 1 is 1.23 bits per heavy atom. The van der Waals surface area contributed by atoms with E-state index in [1.54, 1.807) is 21.7 Å². The van der Waals surface area contributed by atoms with E-state index in [1.807, 2.05) is 41.6 Å². The van der Waals surface area contributed by atoms with Crippen molar-refractivity contribution in [1.82, 2.24) is 14.8 Å². The van der Waals surface area contributed by atoms with Gasteiger partial charge >= 0.3 is 6.03 Å². The number of hydrogen-bond acceptors (Lipinski definition) is 4. The van der Waals surface area contributed by atoms with Gasteiger partial charge in [0.2, 0.25) is 5.91 Å². The van der Waals surface area contributed by atoms with Crippen molar-refractivity contribution in [1.29, 1.82) is 0 Å². The summed E-state index contributed by atoms with van der Waals surface area (Å²) in [6.45, 7) is 1.96. The monoisotopic (exact) mass is 370 g/mol. The number of aromatic nitrogens is 1. The highest BCUT2D eigenvalue weighted by Crippen LogP contribution is 2.39. The number of carbonyl (C=O) groups is 2. The highest BCUT2D eigenvalue weighted by molar-refractivity contribution is 7.07. The normalized spacial score (nSPS) is 22.9. The molecule has 26 heavy (non-hydrogen) atoms. The number of urea groups is 1. The number of carbonyl (C=O) groups excluding carboxylic acids is 2. The summed E-state index contributed by atoms with van der Waals surface area (Å²) in [5, 5.41) is 4.94. The lowest BCUT2D eigenvalue weighted by atomic mass is 9.78. The first kappa shape index (κ1) is 17.0. The smallest absolute Gasteiger partial charge is 0.321 e. The van der Waals surface area contributed by atoms with E-state index in [0.717, 1.165) is 42.8 Å². The van der Waals surface area contributed by atoms with E-state index < -0.39 is 0 Å². The van der Waals surface area contributed by atoms with E-state index in [0.29, 0.717) is 13.1 Å². The predicted molar refractivity (Wildman–Crippen MR) is 102 cm³/mol. The predicted octanol–water partition coefficient (Wildman–Crippen LogP) is 3.29. The van der Waals surface area contributed by atoms with E-state index in [9.17, 15) is 9.59 Å². The molecule has 1 spiro atoms. The van der Waals surface area contributed by atoms with Gasteiger partial charge in [0.15, 0.2) is 0 Å². The number of thiazole rings is 1. The minimum atomic E-state index is -0.376. The number of anilines is 1. The number of piperidine rings is 1. The maximum atomic E-state index is 12.6. The van der Waals surface area contributed by atoms with Crippen LogP contribution in [0.15, 0.2) is 35.2 Å². The molecule has 2 aromatic rings. The Morgan fingerprint density at radius 2 is 2.04 bits per heavy atom. The van der Waals surface area contributed by atoms with Crippen LogP contribution >= 0.6 is 11.3 Å². The fourth-order valence-electron chi connectivity index (χ4n) is 3.97. The van der Waals surface area contributed by atoms with E-state index in [-0.39, 0.29) is 17.4 Å². The Balaban J connectivity index is 1.40. The van der Waals surface area contributed by atoms with Crippen LogP contribution in [0.25, 0.3) is 11.3 Å². The minimum Gasteiger partial charge on any atom is -0.345 e. The summed E-state index contributed by atoms with van der Waals surface area (Å²) in [7, 11) is 1.86. The zero-order valence-corrected chi connectivity index (χ0v) is 15.6. The van der Waals surface area contributed by atoms with Crippen molar-refractivity contribution < 1.29 is 9.59 Å². The first-order valence-electron chi connectivity index (χ1n) is 8.88. The molecule has 1 atom stereocenters. The van der Waals surface area contributed by atoms with Gasteiger partial charge in [-0.3, -0.25) is 4.79 Å². The van der Waals surface area contributed by atoms with Crippen molar-refractivity contribution in [2.45, 2.75) is 19.3 Å². The Labute approximate surface area is 156 Å². The van der Waals surface area contributed by atoms with Crippen molar-refractivity contribution in [2.75, 3.05) is 32.0 Å². The van der Waals surface area contributed by atoms with Crippen molar-refractivity contribution in [3.05, 3.63) is 35.2 Å². The summed E-state index contributed by atoms with van der Waals surface area (Å²) in [4.78, 5) is 33.1. The Hall–Kier alpha value is -2.41. The first-order chi connectivity index (χ1) is 12.6. The van der Waals surface area contributed by atoms with E-state index in [4.69, 9.17) is 0 Å². The standard InChI is InChI=1S/C19H22N4O2S/c1-22-9-2-7-19(17(22)24)8-10-23(12-19)18(25)21-15-5-3-14(4-6-15)16-11-26-13-20-16/h3-6,11,13H,2,7-10,12H2,1H3,(H,21,25)/t19-/m0/s1. The van der Waals surface area contributed by atoms with Crippen LogP contribution in [0.3, 0.4) is 0 Å². The van der Waals surface area contributed by atoms with Crippen molar-refractivity contribution in [3.63, 3.8) is 0 Å². The molecule has 1 N–H and O–H groups in total. The van der Waals surface area contributed by atoms with Crippen molar-refractivity contribution in [3.8, 4) is 11.3 Å². The molecule has 0 bridgehead atoms. The number of hydrogen-bond donors (Lipinski definition) is 1. The number of amides is 3. The molecule has 6 nitrogen and oxygen atoms in total. The zero-order valence-electron chi connectivity index (χ0n) is 14.8. The molecule has 136 valence electrons. The largest absolute Gasteiger partial charge is 0.345 e. The molecule has 4 rings (SSSR count). The number of nitrogens with zero attached hydrogens (tertiary/aromatic N) is 3. The second kappa shape index (κ2) is 6.72. The summed E-state index contributed by atoms with van der Waals surface area (Å²) in [6, 6.07) is 7.55. The van der Waals surface area contributed by atoms with Gasteiger partial charge in [-0.05, 0) is 31.4 Å². The van der Waals surface area contributed by atoms with Crippen LogP contribution in [0.2, 0.25) is 0 Å². The van der Waals surface area contributed by atoms with Crippen molar-refractivity contribution >= 4 is 29.0 Å². The molecular weight excluding hydrogens is 348 g/mol. The molecular formula is C19H22N4O2S. The summed E-state index contributed by atoms with van der Waals surface area (Å²) >= 11 is 1.56. The van der Waals surface area contributed by atoms with Crippen LogP contribution in [0.5, 0.6) is 0 Å². The fraction of sp³-hybridized carbons (Fsp3) is 0.421. The molecule has 1 aromatic carbocycles. The van der Waals surface area contributed by atoms with Gasteiger partial charge < -0.3 is 15.1 Å². The van der Waals surface area contributed by atoms with Gasteiger partial charge in [-0.1, -0.05) is 12.1 Å². The van der Waals surface area contributed by atoms with E-state index in [2.05, 4.69) is 10.3 Å². The zero-order chi connectivity index (χ0) is 18.1. The van der Waals surface area contributed by atoms with Gasteiger partial charge in [-0.2, -0.15) is 0 Å². The number of rotatable bonds is 2. The van der Waals surface area contributed by atoms with Gasteiger partial charge in [0, 0.05) is 43.3 Å². The average Bonchev–Trinajstić information content (AvgIpc) is 3.31. The van der Waals surface area contributed by atoms with Gasteiger partial charge in [0.1, 0.15) is 0 Å². The summed E-state index contributed by atoms with van der Waals surface area (Å²) in [6.07, 6.45) is 2.64. The quantitative estimate of drug-likeness (QED) is 0.882.